The highest BCUT2D eigenvalue weighted by atomic mass is 16.6. The van der Waals surface area contributed by atoms with Crippen LogP contribution in [-0.2, 0) is 4.74 Å². The van der Waals surface area contributed by atoms with Gasteiger partial charge in [-0.15, -0.1) is 10.2 Å². The van der Waals surface area contributed by atoms with Crippen molar-refractivity contribution in [2.75, 3.05) is 54.5 Å². The summed E-state index contributed by atoms with van der Waals surface area (Å²) < 4.78 is 5.35. The number of aromatic nitrogens is 3. The number of morpholine rings is 1. The lowest BCUT2D eigenvalue weighted by Crippen LogP contribution is -2.36. The molecule has 5 rings (SSSR count). The first-order valence-electron chi connectivity index (χ1n) is 13.0. The fourth-order valence-electron chi connectivity index (χ4n) is 4.78. The molecule has 0 radical (unpaired) electrons. The highest BCUT2D eigenvalue weighted by Gasteiger charge is 2.23. The van der Waals surface area contributed by atoms with Gasteiger partial charge in [-0.2, -0.15) is 4.80 Å². The Morgan fingerprint density at radius 3 is 2.33 bits per heavy atom. The SMILES string of the molecule is CCN(CC)c1ccc(-n2nc3cc(C)c(NC(=O)c4ccc(N5CCOCC5)c([N+](=O)[O-])c4)cc3n2)cc1. The molecule has 11 nitrogen and oxygen atoms in total. The number of benzene rings is 3. The van der Waals surface area contributed by atoms with E-state index in [1.54, 1.807) is 23.0 Å². The molecule has 1 aromatic heterocycles. The van der Waals surface area contributed by atoms with Crippen molar-refractivity contribution in [3.63, 3.8) is 0 Å². The van der Waals surface area contributed by atoms with E-state index in [9.17, 15) is 14.9 Å². The third-order valence-corrected chi connectivity index (χ3v) is 6.97. The minimum atomic E-state index is -0.453. The van der Waals surface area contributed by atoms with Gasteiger partial charge in [-0.1, -0.05) is 0 Å². The van der Waals surface area contributed by atoms with Crippen LogP contribution in [0.4, 0.5) is 22.7 Å². The Morgan fingerprint density at radius 2 is 1.69 bits per heavy atom. The number of carbonyl (C=O) groups is 1. The molecule has 0 atom stereocenters. The second-order valence-electron chi connectivity index (χ2n) is 9.35. The van der Waals surface area contributed by atoms with E-state index in [4.69, 9.17) is 4.74 Å². The Hall–Kier alpha value is -4.51. The molecule has 0 spiro atoms. The first-order chi connectivity index (χ1) is 18.9. The molecule has 0 saturated carbocycles. The second kappa shape index (κ2) is 11.1. The quantitative estimate of drug-likeness (QED) is 0.260. The molecule has 0 bridgehead atoms. The van der Waals surface area contributed by atoms with Crippen LogP contribution < -0.4 is 15.1 Å². The van der Waals surface area contributed by atoms with Crippen LogP contribution in [-0.4, -0.2) is 65.2 Å². The molecule has 0 aliphatic carbocycles. The van der Waals surface area contributed by atoms with Crippen molar-refractivity contribution in [1.29, 1.82) is 0 Å². The smallest absolute Gasteiger partial charge is 0.293 e. The van der Waals surface area contributed by atoms with Gasteiger partial charge in [0, 0.05) is 49.2 Å². The third-order valence-electron chi connectivity index (χ3n) is 6.97. The van der Waals surface area contributed by atoms with Gasteiger partial charge in [0.1, 0.15) is 16.7 Å². The Bertz CT molecular complexity index is 1510. The Morgan fingerprint density at radius 1 is 1.03 bits per heavy atom. The lowest BCUT2D eigenvalue weighted by atomic mass is 10.1. The van der Waals surface area contributed by atoms with Gasteiger partial charge in [0.2, 0.25) is 0 Å². The number of hydrogen-bond donors (Lipinski definition) is 1. The maximum absolute atomic E-state index is 13.1. The maximum atomic E-state index is 13.1. The highest BCUT2D eigenvalue weighted by Crippen LogP contribution is 2.31. The van der Waals surface area contributed by atoms with Crippen LogP contribution in [0.3, 0.4) is 0 Å². The lowest BCUT2D eigenvalue weighted by molar-refractivity contribution is -0.384. The number of nitro benzene ring substituents is 1. The van der Waals surface area contributed by atoms with Crippen molar-refractivity contribution in [3.8, 4) is 5.69 Å². The van der Waals surface area contributed by atoms with Crippen LogP contribution in [0.1, 0.15) is 29.8 Å². The molecule has 2 heterocycles. The Balaban J connectivity index is 1.38. The molecule has 1 amide bonds. The molecule has 1 saturated heterocycles. The first-order valence-corrected chi connectivity index (χ1v) is 13.0. The molecule has 1 N–H and O–H groups in total. The van der Waals surface area contributed by atoms with Crippen molar-refractivity contribution in [3.05, 3.63) is 75.8 Å². The normalized spacial score (nSPS) is 13.5. The molecular formula is C28H31N7O4. The van der Waals surface area contributed by atoms with Gasteiger partial charge in [-0.25, -0.2) is 0 Å². The van der Waals surface area contributed by atoms with Crippen LogP contribution in [0.25, 0.3) is 16.7 Å². The summed E-state index contributed by atoms with van der Waals surface area (Å²) in [5.74, 6) is -0.437. The van der Waals surface area contributed by atoms with E-state index < -0.39 is 10.8 Å². The summed E-state index contributed by atoms with van der Waals surface area (Å²) in [6.45, 7) is 10.1. The number of aryl methyl sites for hydroxylation is 1. The van der Waals surface area contributed by atoms with E-state index in [-0.39, 0.29) is 11.3 Å². The number of nitro groups is 1. The molecule has 11 heteroatoms. The van der Waals surface area contributed by atoms with E-state index in [0.29, 0.717) is 48.7 Å². The molecule has 202 valence electrons. The van der Waals surface area contributed by atoms with Crippen molar-refractivity contribution in [2.24, 2.45) is 0 Å². The largest absolute Gasteiger partial charge is 0.378 e. The number of carbonyl (C=O) groups excluding carboxylic acids is 1. The van der Waals surface area contributed by atoms with Crippen LogP contribution in [0.5, 0.6) is 0 Å². The van der Waals surface area contributed by atoms with Gasteiger partial charge in [-0.3, -0.25) is 14.9 Å². The standard InChI is InChI=1S/C28H31N7O4/c1-4-32(5-2)21-7-9-22(10-8-21)34-30-24-16-19(3)23(18-25(24)31-34)29-28(36)20-6-11-26(27(17-20)35(37)38)33-12-14-39-15-13-33/h6-11,16-18H,4-5,12-15H2,1-3H3,(H,29,36). The van der Waals surface area contributed by atoms with Gasteiger partial charge in [0.15, 0.2) is 0 Å². The zero-order valence-corrected chi connectivity index (χ0v) is 22.3. The van der Waals surface area contributed by atoms with Crippen molar-refractivity contribution in [1.82, 2.24) is 15.0 Å². The minimum Gasteiger partial charge on any atom is -0.378 e. The number of ether oxygens (including phenoxy) is 1. The number of nitrogens with one attached hydrogen (secondary N) is 1. The van der Waals surface area contributed by atoms with Crippen LogP contribution in [0.2, 0.25) is 0 Å². The molecular weight excluding hydrogens is 498 g/mol. The average Bonchev–Trinajstić information content (AvgIpc) is 3.37. The zero-order valence-electron chi connectivity index (χ0n) is 22.3. The third kappa shape index (κ3) is 5.39. The fraction of sp³-hybridized carbons (Fsp3) is 0.321. The van der Waals surface area contributed by atoms with E-state index in [0.717, 1.165) is 30.0 Å². The Kier molecular flexibility index (Phi) is 7.42. The average molecular weight is 530 g/mol. The number of amides is 1. The zero-order chi connectivity index (χ0) is 27.5. The molecule has 0 unspecified atom stereocenters. The number of hydrogen-bond acceptors (Lipinski definition) is 8. The molecule has 4 aromatic rings. The molecule has 1 aliphatic heterocycles. The lowest BCUT2D eigenvalue weighted by Gasteiger charge is -2.28. The monoisotopic (exact) mass is 529 g/mol. The number of rotatable bonds is 8. The molecule has 1 fully saturated rings. The van der Waals surface area contributed by atoms with Gasteiger partial charge >= 0.3 is 0 Å². The van der Waals surface area contributed by atoms with Crippen LogP contribution >= 0.6 is 0 Å². The summed E-state index contributed by atoms with van der Waals surface area (Å²) >= 11 is 0. The van der Waals surface area contributed by atoms with Gasteiger partial charge in [0.05, 0.1) is 23.8 Å². The van der Waals surface area contributed by atoms with E-state index >= 15 is 0 Å². The van der Waals surface area contributed by atoms with E-state index in [1.807, 2.05) is 30.0 Å². The van der Waals surface area contributed by atoms with Crippen LogP contribution in [0.15, 0.2) is 54.6 Å². The minimum absolute atomic E-state index is 0.105. The molecule has 1 aliphatic rings. The van der Waals surface area contributed by atoms with Crippen molar-refractivity contribution in [2.45, 2.75) is 20.8 Å². The van der Waals surface area contributed by atoms with Crippen molar-refractivity contribution < 1.29 is 14.5 Å². The summed E-state index contributed by atoms with van der Waals surface area (Å²) in [7, 11) is 0. The van der Waals surface area contributed by atoms with E-state index in [1.165, 1.54) is 6.07 Å². The fourth-order valence-corrected chi connectivity index (χ4v) is 4.78. The summed E-state index contributed by atoms with van der Waals surface area (Å²) in [5.41, 5.74) is 5.25. The number of fused-ring (bicyclic) bond motifs is 1. The number of anilines is 3. The Labute approximate surface area is 226 Å². The second-order valence-corrected chi connectivity index (χ2v) is 9.35. The van der Waals surface area contributed by atoms with Gasteiger partial charge < -0.3 is 19.9 Å². The highest BCUT2D eigenvalue weighted by molar-refractivity contribution is 6.06. The maximum Gasteiger partial charge on any atom is 0.293 e. The summed E-state index contributed by atoms with van der Waals surface area (Å²) in [6.07, 6.45) is 0. The summed E-state index contributed by atoms with van der Waals surface area (Å²) in [6, 6.07) is 16.3. The first kappa shape index (κ1) is 26.1. The number of nitrogens with zero attached hydrogens (tertiary/aromatic N) is 6. The van der Waals surface area contributed by atoms with Crippen molar-refractivity contribution >= 4 is 39.7 Å². The molecule has 3 aromatic carbocycles. The topological polar surface area (TPSA) is 119 Å². The van der Waals surface area contributed by atoms with E-state index in [2.05, 4.69) is 46.4 Å². The van der Waals surface area contributed by atoms with Crippen LogP contribution in [0, 0.1) is 17.0 Å². The predicted molar refractivity (Wildman–Crippen MR) is 151 cm³/mol. The van der Waals surface area contributed by atoms with Gasteiger partial charge in [-0.05, 0) is 74.9 Å². The summed E-state index contributed by atoms with van der Waals surface area (Å²) in [5, 5.41) is 23.9. The predicted octanol–water partition coefficient (Wildman–Crippen LogP) is 4.57. The summed E-state index contributed by atoms with van der Waals surface area (Å²) in [4.78, 5) is 30.2. The molecule has 39 heavy (non-hydrogen) atoms. The van der Waals surface area contributed by atoms with Gasteiger partial charge in [0.25, 0.3) is 11.6 Å².